The molecule has 0 saturated heterocycles. The summed E-state index contributed by atoms with van der Waals surface area (Å²) in [5, 5.41) is 9.41. The van der Waals surface area contributed by atoms with Crippen molar-refractivity contribution in [2.24, 2.45) is 0 Å². The minimum absolute atomic E-state index is 0.0462. The zero-order valence-electron chi connectivity index (χ0n) is 13.3. The van der Waals surface area contributed by atoms with Crippen LogP contribution in [0.1, 0.15) is 15.2 Å². The Morgan fingerprint density at radius 2 is 1.76 bits per heavy atom. The number of benzene rings is 2. The van der Waals surface area contributed by atoms with Gasteiger partial charge in [0.1, 0.15) is 4.88 Å². The fourth-order valence-electron chi connectivity index (χ4n) is 2.36. The lowest BCUT2D eigenvalue weighted by Gasteiger charge is -2.08. The molecule has 0 radical (unpaired) electrons. The first-order valence-corrected chi connectivity index (χ1v) is 9.69. The minimum Gasteiger partial charge on any atom is -0.477 e. The molecule has 7 heteroatoms. The molecule has 2 N–H and O–H groups in total. The van der Waals surface area contributed by atoms with Gasteiger partial charge in [-0.25, -0.2) is 13.2 Å². The van der Waals surface area contributed by atoms with Gasteiger partial charge in [0, 0.05) is 4.88 Å². The van der Waals surface area contributed by atoms with Gasteiger partial charge in [0.05, 0.1) is 10.6 Å². The van der Waals surface area contributed by atoms with E-state index in [4.69, 9.17) is 0 Å². The highest BCUT2D eigenvalue weighted by atomic mass is 32.2. The number of rotatable bonds is 5. The van der Waals surface area contributed by atoms with Crippen molar-refractivity contribution < 1.29 is 18.3 Å². The molecule has 0 spiro atoms. The molecular weight excluding hydrogens is 358 g/mol. The van der Waals surface area contributed by atoms with Crippen molar-refractivity contribution in [3.8, 4) is 10.4 Å². The van der Waals surface area contributed by atoms with Gasteiger partial charge in [-0.3, -0.25) is 4.72 Å². The third-order valence-electron chi connectivity index (χ3n) is 3.53. The summed E-state index contributed by atoms with van der Waals surface area (Å²) in [6.07, 6.45) is 0. The van der Waals surface area contributed by atoms with E-state index in [0.29, 0.717) is 4.88 Å². The number of sulfonamides is 1. The summed E-state index contributed by atoms with van der Waals surface area (Å²) in [5.41, 5.74) is 1.70. The van der Waals surface area contributed by atoms with Crippen LogP contribution in [-0.4, -0.2) is 19.5 Å². The van der Waals surface area contributed by atoms with Gasteiger partial charge in [0.15, 0.2) is 0 Å². The number of hydrogen-bond acceptors (Lipinski definition) is 4. The maximum Gasteiger partial charge on any atom is 0.348 e. The average Bonchev–Trinajstić information content (AvgIpc) is 2.99. The zero-order valence-corrected chi connectivity index (χ0v) is 14.9. The minimum atomic E-state index is -3.87. The van der Waals surface area contributed by atoms with Crippen LogP contribution in [0.2, 0.25) is 0 Å². The van der Waals surface area contributed by atoms with Crippen LogP contribution in [0, 0.1) is 6.92 Å². The number of anilines is 1. The van der Waals surface area contributed by atoms with E-state index in [-0.39, 0.29) is 15.5 Å². The maximum atomic E-state index is 12.6. The van der Waals surface area contributed by atoms with Gasteiger partial charge in [-0.05, 0) is 36.2 Å². The van der Waals surface area contributed by atoms with Crippen LogP contribution in [0.3, 0.4) is 0 Å². The number of hydrogen-bond donors (Lipinski definition) is 2. The van der Waals surface area contributed by atoms with Gasteiger partial charge in [-0.1, -0.05) is 42.5 Å². The predicted molar refractivity (Wildman–Crippen MR) is 98.7 cm³/mol. The first-order valence-electron chi connectivity index (χ1n) is 7.39. The summed E-state index contributed by atoms with van der Waals surface area (Å²) in [7, 11) is -3.87. The zero-order chi connectivity index (χ0) is 18.0. The second-order valence-corrected chi connectivity index (χ2v) is 8.18. The van der Waals surface area contributed by atoms with Crippen molar-refractivity contribution >= 4 is 33.0 Å². The number of carboxylic acids is 1. The quantitative estimate of drug-likeness (QED) is 0.701. The Balaban J connectivity index is 2.02. The van der Waals surface area contributed by atoms with Crippen molar-refractivity contribution in [2.75, 3.05) is 4.72 Å². The number of aromatic carboxylic acids is 1. The van der Waals surface area contributed by atoms with Crippen molar-refractivity contribution in [1.29, 1.82) is 0 Å². The topological polar surface area (TPSA) is 83.5 Å². The van der Waals surface area contributed by atoms with E-state index < -0.39 is 16.0 Å². The average molecular weight is 373 g/mol. The summed E-state index contributed by atoms with van der Waals surface area (Å²) in [5.74, 6) is -1.17. The van der Waals surface area contributed by atoms with Crippen molar-refractivity contribution in [3.05, 3.63) is 71.1 Å². The Morgan fingerprint density at radius 3 is 2.40 bits per heavy atom. The van der Waals surface area contributed by atoms with Crippen LogP contribution >= 0.6 is 11.3 Å². The SMILES string of the molecule is Cc1cccc(S(=O)(=O)Nc2cc(-c3ccccc3)sc2C(=O)O)c1. The summed E-state index contributed by atoms with van der Waals surface area (Å²) in [6.45, 7) is 1.79. The standard InChI is InChI=1S/C18H15NO4S2/c1-12-6-5-9-14(10-12)25(22,23)19-15-11-16(24-17(15)18(20)21)13-7-3-2-4-8-13/h2-11,19H,1H3,(H,20,21). The number of thiophene rings is 1. The number of nitrogens with one attached hydrogen (secondary N) is 1. The molecule has 3 rings (SSSR count). The van der Waals surface area contributed by atoms with E-state index in [1.165, 1.54) is 12.1 Å². The van der Waals surface area contributed by atoms with Crippen LogP contribution in [-0.2, 0) is 10.0 Å². The number of carboxylic acid groups (broad SMARTS) is 1. The molecule has 1 aromatic heterocycles. The smallest absolute Gasteiger partial charge is 0.348 e. The molecule has 0 bridgehead atoms. The molecule has 2 aromatic carbocycles. The fraction of sp³-hybridized carbons (Fsp3) is 0.0556. The van der Waals surface area contributed by atoms with Gasteiger partial charge in [-0.2, -0.15) is 0 Å². The lowest BCUT2D eigenvalue weighted by Crippen LogP contribution is -2.14. The van der Waals surface area contributed by atoms with Crippen LogP contribution in [0.5, 0.6) is 0 Å². The summed E-state index contributed by atoms with van der Waals surface area (Å²) in [6, 6.07) is 17.2. The van der Waals surface area contributed by atoms with Gasteiger partial charge < -0.3 is 5.11 Å². The molecule has 5 nitrogen and oxygen atoms in total. The Bertz CT molecular complexity index is 1020. The molecular formula is C18H15NO4S2. The predicted octanol–water partition coefficient (Wildman–Crippen LogP) is 4.22. The number of aryl methyl sites for hydroxylation is 1. The molecule has 25 heavy (non-hydrogen) atoms. The molecule has 0 aliphatic carbocycles. The second-order valence-electron chi connectivity index (χ2n) is 5.45. The van der Waals surface area contributed by atoms with E-state index in [2.05, 4.69) is 4.72 Å². The third-order valence-corrected chi connectivity index (χ3v) is 6.06. The molecule has 0 aliphatic rings. The van der Waals surface area contributed by atoms with Crippen LogP contribution in [0.25, 0.3) is 10.4 Å². The van der Waals surface area contributed by atoms with Crippen LogP contribution < -0.4 is 4.72 Å². The highest BCUT2D eigenvalue weighted by Gasteiger charge is 2.22. The molecule has 0 atom stereocenters. The van der Waals surface area contributed by atoms with E-state index >= 15 is 0 Å². The van der Waals surface area contributed by atoms with Crippen molar-refractivity contribution in [1.82, 2.24) is 0 Å². The third kappa shape index (κ3) is 3.72. The van der Waals surface area contributed by atoms with E-state index in [0.717, 1.165) is 22.5 Å². The van der Waals surface area contributed by atoms with E-state index in [9.17, 15) is 18.3 Å². The first-order chi connectivity index (χ1) is 11.9. The Labute approximate surface area is 149 Å². The Morgan fingerprint density at radius 1 is 1.04 bits per heavy atom. The summed E-state index contributed by atoms with van der Waals surface area (Å²) < 4.78 is 27.6. The van der Waals surface area contributed by atoms with Gasteiger partial charge in [-0.15, -0.1) is 11.3 Å². The molecule has 3 aromatic rings. The van der Waals surface area contributed by atoms with E-state index in [1.54, 1.807) is 25.1 Å². The first kappa shape index (κ1) is 17.2. The normalized spacial score (nSPS) is 11.2. The lowest BCUT2D eigenvalue weighted by molar-refractivity contribution is 0.0703. The molecule has 0 saturated carbocycles. The molecule has 128 valence electrons. The molecule has 0 unspecified atom stereocenters. The highest BCUT2D eigenvalue weighted by molar-refractivity contribution is 7.92. The summed E-state index contributed by atoms with van der Waals surface area (Å²) in [4.78, 5) is 12.2. The van der Waals surface area contributed by atoms with E-state index in [1.807, 2.05) is 30.3 Å². The second kappa shape index (κ2) is 6.70. The van der Waals surface area contributed by atoms with Crippen LogP contribution in [0.4, 0.5) is 5.69 Å². The largest absolute Gasteiger partial charge is 0.477 e. The van der Waals surface area contributed by atoms with Gasteiger partial charge in [0.2, 0.25) is 0 Å². The fourth-order valence-corrected chi connectivity index (χ4v) is 4.55. The Hall–Kier alpha value is -2.64. The molecule has 1 heterocycles. The molecule has 0 amide bonds. The highest BCUT2D eigenvalue weighted by Crippen LogP contribution is 2.35. The monoisotopic (exact) mass is 373 g/mol. The van der Waals surface area contributed by atoms with Crippen LogP contribution in [0.15, 0.2) is 65.6 Å². The summed E-state index contributed by atoms with van der Waals surface area (Å²) >= 11 is 1.03. The lowest BCUT2D eigenvalue weighted by atomic mass is 10.2. The number of carbonyl (C=O) groups is 1. The van der Waals surface area contributed by atoms with Crippen molar-refractivity contribution in [3.63, 3.8) is 0 Å². The maximum absolute atomic E-state index is 12.6. The molecule has 0 aliphatic heterocycles. The molecule has 0 fully saturated rings. The van der Waals surface area contributed by atoms with Gasteiger partial charge >= 0.3 is 5.97 Å². The van der Waals surface area contributed by atoms with Gasteiger partial charge in [0.25, 0.3) is 10.0 Å². The van der Waals surface area contributed by atoms with Crippen molar-refractivity contribution in [2.45, 2.75) is 11.8 Å². The Kier molecular flexibility index (Phi) is 4.61.